The van der Waals surface area contributed by atoms with E-state index in [1.807, 2.05) is 25.1 Å². The van der Waals surface area contributed by atoms with Crippen molar-refractivity contribution < 1.29 is 9.47 Å². The summed E-state index contributed by atoms with van der Waals surface area (Å²) in [6.07, 6.45) is 1.77. The van der Waals surface area contributed by atoms with Crippen molar-refractivity contribution in [1.82, 2.24) is 4.98 Å². The van der Waals surface area contributed by atoms with Gasteiger partial charge in [-0.1, -0.05) is 0 Å². The van der Waals surface area contributed by atoms with Gasteiger partial charge in [0.1, 0.15) is 5.82 Å². The van der Waals surface area contributed by atoms with E-state index >= 15 is 0 Å². The number of nitrogens with one attached hydrogen (secondary N) is 1. The minimum atomic E-state index is 0.0519. The third-order valence-electron chi connectivity index (χ3n) is 2.81. The van der Waals surface area contributed by atoms with Crippen LogP contribution < -0.4 is 14.8 Å². The fourth-order valence-corrected chi connectivity index (χ4v) is 2.02. The molecule has 0 radical (unpaired) electrons. The van der Waals surface area contributed by atoms with Crippen molar-refractivity contribution in [3.8, 4) is 11.5 Å². The zero-order valence-electron chi connectivity index (χ0n) is 9.94. The second-order valence-electron chi connectivity index (χ2n) is 4.25. The van der Waals surface area contributed by atoms with Crippen LogP contribution in [0.25, 0.3) is 10.8 Å². The average molecular weight is 265 g/mol. The first-order chi connectivity index (χ1) is 8.74. The third-order valence-corrected chi connectivity index (χ3v) is 2.96. The molecule has 2 heterocycles. The number of hydrogen-bond donors (Lipinski definition) is 1. The van der Waals surface area contributed by atoms with E-state index in [9.17, 15) is 0 Å². The van der Waals surface area contributed by atoms with Gasteiger partial charge < -0.3 is 14.8 Å². The first kappa shape index (κ1) is 11.4. The standard InChI is InChI=1S/C13H13ClN2O2/c1-8(14)6-16-13-10-5-12-11(17-7-18-12)4-9(10)2-3-15-13/h2-5,8H,6-7H2,1H3,(H,15,16). The Bertz CT molecular complexity index is 586. The molecule has 0 aliphatic carbocycles. The molecule has 1 aliphatic heterocycles. The van der Waals surface area contributed by atoms with Crippen molar-refractivity contribution in [2.24, 2.45) is 0 Å². The summed E-state index contributed by atoms with van der Waals surface area (Å²) in [5, 5.41) is 5.37. The van der Waals surface area contributed by atoms with Gasteiger partial charge in [0.2, 0.25) is 6.79 Å². The first-order valence-corrected chi connectivity index (χ1v) is 6.24. The van der Waals surface area contributed by atoms with Gasteiger partial charge in [0.05, 0.1) is 0 Å². The van der Waals surface area contributed by atoms with Crippen molar-refractivity contribution in [1.29, 1.82) is 0 Å². The van der Waals surface area contributed by atoms with Crippen molar-refractivity contribution in [3.63, 3.8) is 0 Å². The molecule has 1 aromatic carbocycles. The Morgan fingerprint density at radius 3 is 2.94 bits per heavy atom. The molecule has 0 saturated heterocycles. The van der Waals surface area contributed by atoms with E-state index in [1.165, 1.54) is 0 Å². The van der Waals surface area contributed by atoms with Gasteiger partial charge in [-0.3, -0.25) is 0 Å². The van der Waals surface area contributed by atoms with Crippen LogP contribution in [0.2, 0.25) is 0 Å². The maximum absolute atomic E-state index is 5.94. The number of anilines is 1. The molecule has 0 amide bonds. The Balaban J connectivity index is 2.04. The lowest BCUT2D eigenvalue weighted by Crippen LogP contribution is -2.11. The van der Waals surface area contributed by atoms with Crippen molar-refractivity contribution in [2.75, 3.05) is 18.7 Å². The minimum Gasteiger partial charge on any atom is -0.454 e. The molecular formula is C13H13ClN2O2. The lowest BCUT2D eigenvalue weighted by atomic mass is 10.1. The van der Waals surface area contributed by atoms with E-state index in [0.29, 0.717) is 6.54 Å². The van der Waals surface area contributed by atoms with Gasteiger partial charge in [-0.25, -0.2) is 4.98 Å². The number of alkyl halides is 1. The maximum Gasteiger partial charge on any atom is 0.231 e. The number of ether oxygens (including phenoxy) is 2. The van der Waals surface area contributed by atoms with Gasteiger partial charge in [-0.15, -0.1) is 11.6 Å². The van der Waals surface area contributed by atoms with Gasteiger partial charge >= 0.3 is 0 Å². The normalized spacial score (nSPS) is 14.8. The van der Waals surface area contributed by atoms with E-state index in [2.05, 4.69) is 10.3 Å². The number of halogens is 1. The molecule has 0 bridgehead atoms. The van der Waals surface area contributed by atoms with Gasteiger partial charge in [-0.05, 0) is 30.5 Å². The Hall–Kier alpha value is -1.68. The number of aromatic nitrogens is 1. The van der Waals surface area contributed by atoms with Gasteiger partial charge in [0.25, 0.3) is 0 Å². The van der Waals surface area contributed by atoms with E-state index < -0.39 is 0 Å². The summed E-state index contributed by atoms with van der Waals surface area (Å²) in [5.41, 5.74) is 0. The summed E-state index contributed by atoms with van der Waals surface area (Å²) in [5.74, 6) is 2.36. The zero-order chi connectivity index (χ0) is 12.5. The highest BCUT2D eigenvalue weighted by Crippen LogP contribution is 2.37. The number of fused-ring (bicyclic) bond motifs is 2. The molecule has 0 fully saturated rings. The molecule has 1 N–H and O–H groups in total. The molecule has 1 aromatic heterocycles. The number of benzene rings is 1. The Morgan fingerprint density at radius 1 is 1.39 bits per heavy atom. The summed E-state index contributed by atoms with van der Waals surface area (Å²) in [6.45, 7) is 2.89. The SMILES string of the molecule is CC(Cl)CNc1nccc2cc3c(cc12)OCO3. The van der Waals surface area contributed by atoms with E-state index in [4.69, 9.17) is 21.1 Å². The van der Waals surface area contributed by atoms with Crippen LogP contribution in [0.1, 0.15) is 6.92 Å². The molecule has 1 aliphatic rings. The fraction of sp³-hybridized carbons (Fsp3) is 0.308. The number of nitrogens with zero attached hydrogens (tertiary/aromatic N) is 1. The van der Waals surface area contributed by atoms with Crippen LogP contribution >= 0.6 is 11.6 Å². The number of hydrogen-bond acceptors (Lipinski definition) is 4. The largest absolute Gasteiger partial charge is 0.454 e. The predicted molar refractivity (Wildman–Crippen MR) is 71.7 cm³/mol. The van der Waals surface area contributed by atoms with Gasteiger partial charge in [0, 0.05) is 23.5 Å². The summed E-state index contributed by atoms with van der Waals surface area (Å²) < 4.78 is 10.7. The molecule has 1 unspecified atom stereocenters. The molecule has 0 saturated carbocycles. The van der Waals surface area contributed by atoms with Crippen LogP contribution in [-0.4, -0.2) is 23.7 Å². The third kappa shape index (κ3) is 2.04. The molecule has 2 aromatic rings. The zero-order valence-corrected chi connectivity index (χ0v) is 10.7. The molecule has 94 valence electrons. The van der Waals surface area contributed by atoms with Gasteiger partial charge in [-0.2, -0.15) is 0 Å². The van der Waals surface area contributed by atoms with Gasteiger partial charge in [0.15, 0.2) is 11.5 Å². The average Bonchev–Trinajstić information content (AvgIpc) is 2.80. The summed E-state index contributed by atoms with van der Waals surface area (Å²) in [6, 6.07) is 5.87. The molecule has 4 nitrogen and oxygen atoms in total. The topological polar surface area (TPSA) is 43.4 Å². The van der Waals surface area contributed by atoms with Crippen LogP contribution in [-0.2, 0) is 0 Å². The molecule has 0 spiro atoms. The second kappa shape index (κ2) is 4.53. The van der Waals surface area contributed by atoms with E-state index in [-0.39, 0.29) is 12.2 Å². The summed E-state index contributed by atoms with van der Waals surface area (Å²) in [7, 11) is 0. The van der Waals surface area contributed by atoms with Crippen LogP contribution in [0.5, 0.6) is 11.5 Å². The first-order valence-electron chi connectivity index (χ1n) is 5.80. The summed E-state index contributed by atoms with van der Waals surface area (Å²) in [4.78, 5) is 4.34. The lowest BCUT2D eigenvalue weighted by Gasteiger charge is -2.10. The van der Waals surface area contributed by atoms with Crippen LogP contribution in [0.3, 0.4) is 0 Å². The van der Waals surface area contributed by atoms with Crippen LogP contribution in [0.15, 0.2) is 24.4 Å². The number of pyridine rings is 1. The monoisotopic (exact) mass is 264 g/mol. The highest BCUT2D eigenvalue weighted by Gasteiger charge is 2.15. The Morgan fingerprint density at radius 2 is 2.17 bits per heavy atom. The Kier molecular flexibility index (Phi) is 2.88. The molecule has 5 heteroatoms. The van der Waals surface area contributed by atoms with Crippen molar-refractivity contribution >= 4 is 28.2 Å². The molecule has 1 atom stereocenters. The Labute approximate surface area is 110 Å². The maximum atomic E-state index is 5.94. The van der Waals surface area contributed by atoms with E-state index in [0.717, 1.165) is 28.1 Å². The molecule has 18 heavy (non-hydrogen) atoms. The van der Waals surface area contributed by atoms with Crippen molar-refractivity contribution in [3.05, 3.63) is 24.4 Å². The lowest BCUT2D eigenvalue weighted by molar-refractivity contribution is 0.174. The quantitative estimate of drug-likeness (QED) is 0.866. The fourth-order valence-electron chi connectivity index (χ4n) is 1.94. The van der Waals surface area contributed by atoms with E-state index in [1.54, 1.807) is 6.20 Å². The van der Waals surface area contributed by atoms with Crippen LogP contribution in [0.4, 0.5) is 5.82 Å². The highest BCUT2D eigenvalue weighted by molar-refractivity contribution is 6.20. The van der Waals surface area contributed by atoms with Crippen LogP contribution in [0, 0.1) is 0 Å². The molecular weight excluding hydrogens is 252 g/mol. The predicted octanol–water partition coefficient (Wildman–Crippen LogP) is 3.00. The molecule has 3 rings (SSSR count). The summed E-state index contributed by atoms with van der Waals surface area (Å²) >= 11 is 5.94. The number of rotatable bonds is 3. The highest BCUT2D eigenvalue weighted by atomic mass is 35.5. The minimum absolute atomic E-state index is 0.0519. The van der Waals surface area contributed by atoms with Crippen molar-refractivity contribution in [2.45, 2.75) is 12.3 Å². The second-order valence-corrected chi connectivity index (χ2v) is 4.99. The smallest absolute Gasteiger partial charge is 0.231 e.